The molecule has 0 bridgehead atoms. The van der Waals surface area contributed by atoms with Crippen molar-refractivity contribution in [3.8, 4) is 0 Å². The summed E-state index contributed by atoms with van der Waals surface area (Å²) in [7, 11) is 0. The predicted molar refractivity (Wildman–Crippen MR) is 132 cm³/mol. The van der Waals surface area contributed by atoms with Crippen molar-refractivity contribution >= 4 is 34.1 Å². The number of rotatable bonds is 6. The fourth-order valence-electron chi connectivity index (χ4n) is 3.84. The van der Waals surface area contributed by atoms with Crippen LogP contribution in [-0.2, 0) is 13.0 Å². The molecular formula is C27H20ClN3O3. The van der Waals surface area contributed by atoms with Crippen LogP contribution in [0.5, 0.6) is 0 Å². The molecule has 1 amide bonds. The number of nitrogens with one attached hydrogen (secondary N) is 1. The summed E-state index contributed by atoms with van der Waals surface area (Å²) in [5.41, 5.74) is 2.81. The molecule has 3 aromatic carbocycles. The smallest absolute Gasteiger partial charge is 0.291 e. The second-order valence-corrected chi connectivity index (χ2v) is 8.31. The maximum absolute atomic E-state index is 13.7. The molecule has 0 spiro atoms. The zero-order valence-corrected chi connectivity index (χ0v) is 18.8. The lowest BCUT2D eigenvalue weighted by Gasteiger charge is -2.15. The van der Waals surface area contributed by atoms with Gasteiger partial charge in [0.25, 0.3) is 11.5 Å². The summed E-state index contributed by atoms with van der Waals surface area (Å²) in [6.45, 7) is 0.327. The van der Waals surface area contributed by atoms with E-state index in [1.807, 2.05) is 48.5 Å². The van der Waals surface area contributed by atoms with Crippen molar-refractivity contribution in [2.24, 2.45) is 0 Å². The number of hydrogen-bond acceptors (Lipinski definition) is 4. The molecule has 2 aromatic heterocycles. The molecule has 0 fully saturated rings. The van der Waals surface area contributed by atoms with E-state index in [1.54, 1.807) is 41.0 Å². The van der Waals surface area contributed by atoms with E-state index in [4.69, 9.17) is 21.0 Å². The van der Waals surface area contributed by atoms with Crippen LogP contribution in [0.2, 0.25) is 5.02 Å². The first-order valence-electron chi connectivity index (χ1n) is 10.7. The Labute approximate surface area is 200 Å². The highest BCUT2D eigenvalue weighted by Crippen LogP contribution is 2.19. The number of furan rings is 1. The second-order valence-electron chi connectivity index (χ2n) is 7.87. The van der Waals surface area contributed by atoms with Gasteiger partial charge in [0.15, 0.2) is 5.76 Å². The van der Waals surface area contributed by atoms with Crippen LogP contribution in [0.4, 0.5) is 5.69 Å². The summed E-state index contributed by atoms with van der Waals surface area (Å²) in [5, 5.41) is 3.79. The summed E-state index contributed by atoms with van der Waals surface area (Å²) in [6.07, 6.45) is 1.94. The number of halogens is 1. The van der Waals surface area contributed by atoms with Crippen LogP contribution < -0.4 is 10.9 Å². The fourth-order valence-corrected chi connectivity index (χ4v) is 4.05. The molecule has 0 radical (unpaired) electrons. The molecule has 1 N–H and O–H groups in total. The highest BCUT2D eigenvalue weighted by atomic mass is 35.5. The van der Waals surface area contributed by atoms with Gasteiger partial charge in [-0.15, -0.1) is 0 Å². The summed E-state index contributed by atoms with van der Waals surface area (Å²) < 4.78 is 6.81. The first-order valence-corrected chi connectivity index (χ1v) is 11.1. The Morgan fingerprint density at radius 2 is 1.76 bits per heavy atom. The van der Waals surface area contributed by atoms with Crippen LogP contribution in [0.25, 0.3) is 10.9 Å². The van der Waals surface area contributed by atoms with Gasteiger partial charge in [-0.1, -0.05) is 54.1 Å². The average molecular weight is 470 g/mol. The number of benzene rings is 3. The van der Waals surface area contributed by atoms with Crippen LogP contribution in [0.3, 0.4) is 0 Å². The molecular weight excluding hydrogens is 450 g/mol. The summed E-state index contributed by atoms with van der Waals surface area (Å²) >= 11 is 6.18. The van der Waals surface area contributed by atoms with Crippen molar-refractivity contribution in [1.29, 1.82) is 0 Å². The van der Waals surface area contributed by atoms with Gasteiger partial charge in [-0.3, -0.25) is 14.2 Å². The molecule has 6 nitrogen and oxygen atoms in total. The Morgan fingerprint density at radius 1 is 0.941 bits per heavy atom. The number of carbonyl (C=O) groups excluding carboxylic acids is 1. The molecule has 0 unspecified atom stereocenters. The van der Waals surface area contributed by atoms with Crippen LogP contribution >= 0.6 is 11.6 Å². The highest BCUT2D eigenvalue weighted by molar-refractivity contribution is 6.30. The van der Waals surface area contributed by atoms with Gasteiger partial charge in [0.05, 0.1) is 23.7 Å². The van der Waals surface area contributed by atoms with E-state index in [0.29, 0.717) is 40.4 Å². The van der Waals surface area contributed by atoms with Gasteiger partial charge in [0.2, 0.25) is 0 Å². The third-order valence-electron chi connectivity index (χ3n) is 5.47. The Balaban J connectivity index is 1.58. The lowest BCUT2D eigenvalue weighted by atomic mass is 10.1. The minimum atomic E-state index is -0.391. The molecule has 0 saturated heterocycles. The van der Waals surface area contributed by atoms with E-state index in [-0.39, 0.29) is 11.3 Å². The summed E-state index contributed by atoms with van der Waals surface area (Å²) in [6, 6.07) is 25.6. The molecule has 0 aliphatic heterocycles. The second kappa shape index (κ2) is 9.37. The first-order chi connectivity index (χ1) is 16.6. The van der Waals surface area contributed by atoms with Crippen molar-refractivity contribution in [2.45, 2.75) is 13.0 Å². The van der Waals surface area contributed by atoms with Crippen molar-refractivity contribution in [1.82, 2.24) is 9.55 Å². The monoisotopic (exact) mass is 469 g/mol. The molecule has 5 rings (SSSR count). The molecule has 168 valence electrons. The predicted octanol–water partition coefficient (Wildman–Crippen LogP) is 5.53. The van der Waals surface area contributed by atoms with Gasteiger partial charge in [-0.25, -0.2) is 4.98 Å². The minimum absolute atomic E-state index is 0.190. The van der Waals surface area contributed by atoms with Gasteiger partial charge >= 0.3 is 0 Å². The quantitative estimate of drug-likeness (QED) is 0.354. The topological polar surface area (TPSA) is 77.1 Å². The molecule has 34 heavy (non-hydrogen) atoms. The van der Waals surface area contributed by atoms with E-state index in [0.717, 1.165) is 11.1 Å². The van der Waals surface area contributed by atoms with Crippen molar-refractivity contribution in [3.63, 3.8) is 0 Å². The number of anilines is 1. The van der Waals surface area contributed by atoms with Crippen molar-refractivity contribution in [3.05, 3.63) is 129 Å². The van der Waals surface area contributed by atoms with Crippen molar-refractivity contribution in [2.75, 3.05) is 5.32 Å². The molecule has 0 aliphatic carbocycles. The number of hydrogen-bond donors (Lipinski definition) is 1. The zero-order valence-electron chi connectivity index (χ0n) is 18.1. The zero-order chi connectivity index (χ0) is 23.5. The van der Waals surface area contributed by atoms with Gasteiger partial charge in [-0.05, 0) is 53.6 Å². The van der Waals surface area contributed by atoms with E-state index in [2.05, 4.69) is 5.32 Å². The third-order valence-corrected chi connectivity index (χ3v) is 5.71. The Hall–Kier alpha value is -4.16. The Morgan fingerprint density at radius 3 is 2.53 bits per heavy atom. The van der Waals surface area contributed by atoms with E-state index < -0.39 is 5.91 Å². The molecule has 0 saturated carbocycles. The number of nitrogens with zero attached hydrogens (tertiary/aromatic N) is 2. The standard InChI is InChI=1S/C27H20ClN3O3/c28-20-9-4-8-19(14-20)17-31-25(15-18-6-2-1-3-7-18)30-23-12-11-21(16-22(23)27(31)33)29-26(32)24-10-5-13-34-24/h1-14,16H,15,17H2,(H,29,32). The lowest BCUT2D eigenvalue weighted by Crippen LogP contribution is -2.26. The van der Waals surface area contributed by atoms with Crippen LogP contribution in [0.15, 0.2) is 100 Å². The maximum Gasteiger partial charge on any atom is 0.291 e. The van der Waals surface area contributed by atoms with E-state index in [9.17, 15) is 9.59 Å². The number of aromatic nitrogens is 2. The SMILES string of the molecule is O=C(Nc1ccc2nc(Cc3ccccc3)n(Cc3cccc(Cl)c3)c(=O)c2c1)c1ccco1. The average Bonchev–Trinajstić information content (AvgIpc) is 3.38. The molecule has 7 heteroatoms. The molecule has 2 heterocycles. The largest absolute Gasteiger partial charge is 0.459 e. The minimum Gasteiger partial charge on any atom is -0.459 e. The number of fused-ring (bicyclic) bond motifs is 1. The lowest BCUT2D eigenvalue weighted by molar-refractivity contribution is 0.0996. The Bertz CT molecular complexity index is 1530. The Kier molecular flexibility index (Phi) is 5.97. The normalized spacial score (nSPS) is 11.0. The van der Waals surface area contributed by atoms with Gasteiger partial charge < -0.3 is 9.73 Å². The third kappa shape index (κ3) is 4.63. The molecule has 0 aliphatic rings. The molecule has 5 aromatic rings. The number of amides is 1. The van der Waals surface area contributed by atoms with Gasteiger partial charge in [-0.2, -0.15) is 0 Å². The summed E-state index contributed by atoms with van der Waals surface area (Å²) in [5.74, 6) is 0.447. The van der Waals surface area contributed by atoms with Crippen LogP contribution in [0, 0.1) is 0 Å². The van der Waals surface area contributed by atoms with E-state index >= 15 is 0 Å². The van der Waals surface area contributed by atoms with Crippen LogP contribution in [0.1, 0.15) is 27.5 Å². The molecule has 0 atom stereocenters. The fraction of sp³-hybridized carbons (Fsp3) is 0.0741. The van der Waals surface area contributed by atoms with Gasteiger partial charge in [0, 0.05) is 17.1 Å². The van der Waals surface area contributed by atoms with E-state index in [1.165, 1.54) is 6.26 Å². The summed E-state index contributed by atoms with van der Waals surface area (Å²) in [4.78, 5) is 30.9. The van der Waals surface area contributed by atoms with Crippen LogP contribution in [-0.4, -0.2) is 15.5 Å². The first kappa shape index (κ1) is 21.7. The maximum atomic E-state index is 13.7. The highest BCUT2D eigenvalue weighted by Gasteiger charge is 2.15. The number of carbonyl (C=O) groups is 1. The van der Waals surface area contributed by atoms with Gasteiger partial charge in [0.1, 0.15) is 5.82 Å². The van der Waals surface area contributed by atoms with Crippen molar-refractivity contribution < 1.29 is 9.21 Å².